The minimum absolute atomic E-state index is 0.371. The molecular weight excluding hydrogens is 364 g/mol. The molecule has 0 amide bonds. The van der Waals surface area contributed by atoms with Crippen LogP contribution in [0.15, 0.2) is 0 Å². The maximum absolute atomic E-state index is 8.74. The van der Waals surface area contributed by atoms with Gasteiger partial charge in [-0.2, -0.15) is 0 Å². The molecule has 2 heteroatoms. The Balaban J connectivity index is 2.96. The lowest BCUT2D eigenvalue weighted by molar-refractivity contribution is 0.282. The first kappa shape index (κ1) is 28.2. The lowest BCUT2D eigenvalue weighted by Gasteiger charge is -2.04. The van der Waals surface area contributed by atoms with Crippen LogP contribution in [-0.2, 0) is 0 Å². The van der Waals surface area contributed by atoms with E-state index < -0.39 is 0 Å². The third-order valence-electron chi connectivity index (χ3n) is 6.04. The summed E-state index contributed by atoms with van der Waals surface area (Å²) in [6.45, 7) is 0.371. The highest BCUT2D eigenvalue weighted by Gasteiger charge is 1.96. The van der Waals surface area contributed by atoms with E-state index in [1.165, 1.54) is 148 Å². The SMILES string of the molecule is OCCCCCCCCCCCCCCCCCCCCCCCCCCCl. The topological polar surface area (TPSA) is 20.2 Å². The molecule has 0 aromatic carbocycles. The van der Waals surface area contributed by atoms with Gasteiger partial charge in [-0.15, -0.1) is 11.6 Å². The normalized spacial score (nSPS) is 11.4. The smallest absolute Gasteiger partial charge is 0.0431 e. The van der Waals surface area contributed by atoms with Gasteiger partial charge in [-0.05, 0) is 12.8 Å². The molecule has 1 nitrogen and oxygen atoms in total. The number of hydrogen-bond donors (Lipinski definition) is 1. The predicted octanol–water partition coefficient (Wildman–Crippen LogP) is 9.58. The second-order valence-corrected chi connectivity index (χ2v) is 9.28. The molecule has 0 aromatic rings. The first-order chi connectivity index (χ1) is 13.9. The van der Waals surface area contributed by atoms with Gasteiger partial charge >= 0.3 is 0 Å². The molecule has 0 rings (SSSR count). The summed E-state index contributed by atoms with van der Waals surface area (Å²) in [4.78, 5) is 0. The Kier molecular flexibility index (Phi) is 27.5. The Morgan fingerprint density at radius 3 is 0.643 bits per heavy atom. The minimum atomic E-state index is 0.371. The predicted molar refractivity (Wildman–Crippen MR) is 129 cm³/mol. The van der Waals surface area contributed by atoms with Gasteiger partial charge in [0.1, 0.15) is 0 Å². The van der Waals surface area contributed by atoms with E-state index >= 15 is 0 Å². The number of aliphatic hydroxyl groups is 1. The molecule has 0 saturated carbocycles. The van der Waals surface area contributed by atoms with E-state index in [4.69, 9.17) is 16.7 Å². The third-order valence-corrected chi connectivity index (χ3v) is 6.31. The fraction of sp³-hybridized carbons (Fsp3) is 1.00. The van der Waals surface area contributed by atoms with Crippen LogP contribution in [0, 0.1) is 0 Å². The van der Waals surface area contributed by atoms with Crippen LogP contribution in [0.2, 0.25) is 0 Å². The number of unbranched alkanes of at least 4 members (excludes halogenated alkanes) is 23. The van der Waals surface area contributed by atoms with Crippen molar-refractivity contribution >= 4 is 11.6 Å². The zero-order valence-corrected chi connectivity index (χ0v) is 20.0. The quantitative estimate of drug-likeness (QED) is 0.116. The molecule has 0 saturated heterocycles. The number of aliphatic hydroxyl groups excluding tert-OH is 1. The largest absolute Gasteiger partial charge is 0.396 e. The highest BCUT2D eigenvalue weighted by atomic mass is 35.5. The standard InChI is InChI=1S/C26H53ClO/c27-25-23-21-19-17-15-13-11-9-7-5-3-1-2-4-6-8-10-12-14-16-18-20-22-24-26-28/h28H,1-26H2. The fourth-order valence-corrected chi connectivity index (χ4v) is 4.28. The molecule has 0 radical (unpaired) electrons. The molecule has 0 bridgehead atoms. The van der Waals surface area contributed by atoms with Gasteiger partial charge in [-0.25, -0.2) is 0 Å². The molecule has 0 fully saturated rings. The highest BCUT2D eigenvalue weighted by molar-refractivity contribution is 6.17. The van der Waals surface area contributed by atoms with Crippen LogP contribution in [0.25, 0.3) is 0 Å². The Morgan fingerprint density at radius 2 is 0.464 bits per heavy atom. The van der Waals surface area contributed by atoms with Crippen molar-refractivity contribution in [3.8, 4) is 0 Å². The van der Waals surface area contributed by atoms with Gasteiger partial charge in [-0.3, -0.25) is 0 Å². The fourth-order valence-electron chi connectivity index (χ4n) is 4.10. The second-order valence-electron chi connectivity index (χ2n) is 8.90. The third kappa shape index (κ3) is 26.2. The van der Waals surface area contributed by atoms with Crippen molar-refractivity contribution in [2.45, 2.75) is 154 Å². The van der Waals surface area contributed by atoms with Gasteiger partial charge in [0.15, 0.2) is 0 Å². The van der Waals surface area contributed by atoms with E-state index in [1.54, 1.807) is 0 Å². The van der Waals surface area contributed by atoms with Gasteiger partial charge in [0.2, 0.25) is 0 Å². The monoisotopic (exact) mass is 416 g/mol. The zero-order chi connectivity index (χ0) is 20.4. The Hall–Kier alpha value is 0.250. The molecule has 28 heavy (non-hydrogen) atoms. The Bertz CT molecular complexity index is 231. The van der Waals surface area contributed by atoms with Crippen LogP contribution in [0.1, 0.15) is 154 Å². The first-order valence-corrected chi connectivity index (χ1v) is 13.6. The summed E-state index contributed by atoms with van der Waals surface area (Å²) in [6, 6.07) is 0. The van der Waals surface area contributed by atoms with Crippen molar-refractivity contribution in [1.29, 1.82) is 0 Å². The van der Waals surface area contributed by atoms with Crippen LogP contribution in [0.4, 0.5) is 0 Å². The maximum Gasteiger partial charge on any atom is 0.0431 e. The van der Waals surface area contributed by atoms with Gasteiger partial charge in [-0.1, -0.05) is 141 Å². The minimum Gasteiger partial charge on any atom is -0.396 e. The molecule has 170 valence electrons. The molecule has 0 aliphatic rings. The Morgan fingerprint density at radius 1 is 0.286 bits per heavy atom. The summed E-state index contributed by atoms with van der Waals surface area (Å²) >= 11 is 5.70. The summed E-state index contributed by atoms with van der Waals surface area (Å²) in [5, 5.41) is 8.74. The van der Waals surface area contributed by atoms with Crippen LogP contribution in [-0.4, -0.2) is 17.6 Å². The lowest BCUT2D eigenvalue weighted by Crippen LogP contribution is -1.85. The van der Waals surface area contributed by atoms with E-state index in [0.717, 1.165) is 12.3 Å². The van der Waals surface area contributed by atoms with E-state index in [9.17, 15) is 0 Å². The summed E-state index contributed by atoms with van der Waals surface area (Å²) in [5.74, 6) is 0.841. The van der Waals surface area contributed by atoms with Crippen LogP contribution < -0.4 is 0 Å². The van der Waals surface area contributed by atoms with Crippen molar-refractivity contribution in [2.24, 2.45) is 0 Å². The molecule has 0 aliphatic heterocycles. The van der Waals surface area contributed by atoms with Gasteiger partial charge in [0.05, 0.1) is 0 Å². The van der Waals surface area contributed by atoms with Crippen molar-refractivity contribution in [2.75, 3.05) is 12.5 Å². The molecule has 0 aromatic heterocycles. The molecule has 0 heterocycles. The molecule has 0 aliphatic carbocycles. The summed E-state index contributed by atoms with van der Waals surface area (Å²) in [7, 11) is 0. The van der Waals surface area contributed by atoms with E-state index in [1.807, 2.05) is 0 Å². The van der Waals surface area contributed by atoms with E-state index in [0.29, 0.717) is 6.61 Å². The molecule has 1 N–H and O–H groups in total. The van der Waals surface area contributed by atoms with Gasteiger partial charge in [0.25, 0.3) is 0 Å². The van der Waals surface area contributed by atoms with E-state index in [2.05, 4.69) is 0 Å². The average Bonchev–Trinajstić information content (AvgIpc) is 2.71. The molecule has 0 atom stereocenters. The zero-order valence-electron chi connectivity index (χ0n) is 19.2. The number of hydrogen-bond acceptors (Lipinski definition) is 1. The van der Waals surface area contributed by atoms with Crippen molar-refractivity contribution in [3.63, 3.8) is 0 Å². The summed E-state index contributed by atoms with van der Waals surface area (Å²) < 4.78 is 0. The number of alkyl halides is 1. The summed E-state index contributed by atoms with van der Waals surface area (Å²) in [5.41, 5.74) is 0. The second kappa shape index (κ2) is 27.2. The number of halogens is 1. The molecular formula is C26H53ClO. The lowest BCUT2D eigenvalue weighted by atomic mass is 10.0. The van der Waals surface area contributed by atoms with Crippen molar-refractivity contribution in [1.82, 2.24) is 0 Å². The molecule has 0 spiro atoms. The van der Waals surface area contributed by atoms with Crippen molar-refractivity contribution < 1.29 is 5.11 Å². The first-order valence-electron chi connectivity index (χ1n) is 13.1. The van der Waals surface area contributed by atoms with Gasteiger partial charge < -0.3 is 5.11 Å². The highest BCUT2D eigenvalue weighted by Crippen LogP contribution is 2.15. The van der Waals surface area contributed by atoms with Gasteiger partial charge in [0, 0.05) is 12.5 Å². The van der Waals surface area contributed by atoms with Crippen LogP contribution in [0.5, 0.6) is 0 Å². The number of rotatable bonds is 25. The summed E-state index contributed by atoms with van der Waals surface area (Å²) in [6.07, 6.45) is 33.5. The maximum atomic E-state index is 8.74. The van der Waals surface area contributed by atoms with E-state index in [-0.39, 0.29) is 0 Å². The van der Waals surface area contributed by atoms with Crippen molar-refractivity contribution in [3.05, 3.63) is 0 Å². The Labute approximate surface area is 183 Å². The average molecular weight is 417 g/mol. The molecule has 0 unspecified atom stereocenters. The van der Waals surface area contributed by atoms with Crippen LogP contribution >= 0.6 is 11.6 Å². The van der Waals surface area contributed by atoms with Crippen LogP contribution in [0.3, 0.4) is 0 Å².